The summed E-state index contributed by atoms with van der Waals surface area (Å²) in [6.07, 6.45) is 4.93. The predicted octanol–water partition coefficient (Wildman–Crippen LogP) is 6.15. The third-order valence-electron chi connectivity index (χ3n) is 6.94. The average molecular weight is 534 g/mol. The molecule has 0 aromatic heterocycles. The van der Waals surface area contributed by atoms with E-state index in [-0.39, 0.29) is 41.9 Å². The largest absolute Gasteiger partial charge is 0.376 e. The number of carbonyl (C=O) groups is 2. The van der Waals surface area contributed by atoms with E-state index in [2.05, 4.69) is 5.32 Å². The number of carbonyl (C=O) groups excluding carboxylic acids is 2. The Kier molecular flexibility index (Phi) is 9.38. The summed E-state index contributed by atoms with van der Waals surface area (Å²) in [5.41, 5.74) is 2.10. The van der Waals surface area contributed by atoms with E-state index in [0.29, 0.717) is 13.2 Å². The number of hydrogen-bond donors (Lipinski definition) is 1. The molecule has 37 heavy (non-hydrogen) atoms. The van der Waals surface area contributed by atoms with Crippen molar-refractivity contribution in [3.63, 3.8) is 0 Å². The molecule has 1 heterocycles. The number of alkyl halides is 1. The molecule has 1 fully saturated rings. The Morgan fingerprint density at radius 1 is 1.22 bits per heavy atom. The van der Waals surface area contributed by atoms with Crippen molar-refractivity contribution < 1.29 is 23.1 Å². The van der Waals surface area contributed by atoms with Crippen LogP contribution in [0.15, 0.2) is 36.4 Å². The third-order valence-corrected chi connectivity index (χ3v) is 7.26. The Morgan fingerprint density at radius 2 is 1.97 bits per heavy atom. The summed E-state index contributed by atoms with van der Waals surface area (Å²) in [6.45, 7) is 2.37. The van der Waals surface area contributed by atoms with Gasteiger partial charge in [-0.2, -0.15) is 0 Å². The van der Waals surface area contributed by atoms with Crippen molar-refractivity contribution in [3.8, 4) is 0 Å². The summed E-state index contributed by atoms with van der Waals surface area (Å²) in [7, 11) is 0. The van der Waals surface area contributed by atoms with Crippen LogP contribution in [0.5, 0.6) is 0 Å². The van der Waals surface area contributed by atoms with Crippen molar-refractivity contribution in [2.45, 2.75) is 64.1 Å². The maximum atomic E-state index is 15.0. The van der Waals surface area contributed by atoms with Crippen LogP contribution in [0, 0.1) is 5.82 Å². The zero-order valence-electron chi connectivity index (χ0n) is 21.2. The number of nitrogens with one attached hydrogen (secondary N) is 1. The number of benzene rings is 2. The molecule has 1 aliphatic heterocycles. The summed E-state index contributed by atoms with van der Waals surface area (Å²) in [5.74, 6) is -1.07. The Bertz CT molecular complexity index is 1110. The van der Waals surface area contributed by atoms with Gasteiger partial charge in [0.15, 0.2) is 0 Å². The summed E-state index contributed by atoms with van der Waals surface area (Å²) < 4.78 is 34.7. The second kappa shape index (κ2) is 12.7. The van der Waals surface area contributed by atoms with Crippen LogP contribution in [0.3, 0.4) is 0 Å². The number of nitrogens with zero attached hydrogens (tertiary/aromatic N) is 2. The predicted molar refractivity (Wildman–Crippen MR) is 142 cm³/mol. The Labute approximate surface area is 221 Å². The molecular weight excluding hydrogens is 500 g/mol. The smallest absolute Gasteiger partial charge is 0.326 e. The first-order valence-electron chi connectivity index (χ1n) is 13.0. The zero-order valence-corrected chi connectivity index (χ0v) is 21.9. The molecule has 1 aliphatic carbocycles. The van der Waals surface area contributed by atoms with Crippen molar-refractivity contribution >= 4 is 34.9 Å². The fourth-order valence-corrected chi connectivity index (χ4v) is 5.24. The lowest BCUT2D eigenvalue weighted by Gasteiger charge is -2.26. The quantitative estimate of drug-likeness (QED) is 0.420. The Hall–Kier alpha value is -2.71. The van der Waals surface area contributed by atoms with Crippen LogP contribution in [0.25, 0.3) is 0 Å². The summed E-state index contributed by atoms with van der Waals surface area (Å²) in [5, 5.41) is 2.80. The van der Waals surface area contributed by atoms with Gasteiger partial charge in [-0.1, -0.05) is 49.1 Å². The van der Waals surface area contributed by atoms with Gasteiger partial charge < -0.3 is 15.0 Å². The summed E-state index contributed by atoms with van der Waals surface area (Å²) >= 11 is 6.36. The van der Waals surface area contributed by atoms with Crippen LogP contribution in [-0.4, -0.2) is 55.4 Å². The summed E-state index contributed by atoms with van der Waals surface area (Å²) in [4.78, 5) is 28.8. The van der Waals surface area contributed by atoms with Gasteiger partial charge in [-0.05, 0) is 55.5 Å². The minimum atomic E-state index is -1.22. The lowest BCUT2D eigenvalue weighted by Crippen LogP contribution is -2.39. The molecule has 1 unspecified atom stereocenters. The van der Waals surface area contributed by atoms with E-state index in [1.54, 1.807) is 4.90 Å². The van der Waals surface area contributed by atoms with Gasteiger partial charge in [0.05, 0.1) is 36.4 Å². The lowest BCUT2D eigenvalue weighted by molar-refractivity contribution is -0.132. The van der Waals surface area contributed by atoms with Crippen LogP contribution >= 0.6 is 11.6 Å². The number of urea groups is 1. The van der Waals surface area contributed by atoms with E-state index in [0.717, 1.165) is 49.4 Å². The van der Waals surface area contributed by atoms with Gasteiger partial charge in [0.2, 0.25) is 5.91 Å². The fourth-order valence-electron chi connectivity index (χ4n) is 5.01. The number of hydrogen-bond acceptors (Lipinski definition) is 3. The molecule has 200 valence electrons. The molecule has 9 heteroatoms. The van der Waals surface area contributed by atoms with Crippen molar-refractivity contribution in [3.05, 3.63) is 58.4 Å². The van der Waals surface area contributed by atoms with Crippen LogP contribution in [0.4, 0.5) is 25.0 Å². The van der Waals surface area contributed by atoms with Gasteiger partial charge >= 0.3 is 6.03 Å². The minimum Gasteiger partial charge on any atom is -0.376 e. The molecule has 1 N–H and O–H groups in total. The van der Waals surface area contributed by atoms with Crippen LogP contribution in [0.1, 0.15) is 50.2 Å². The SMILES string of the molecule is CC(F)CN(CCOC1CCCCC1)C(=O)Cc1cc(Cl)c(NC(=O)N2CCc3ccccc32)cc1F. The van der Waals surface area contributed by atoms with E-state index in [9.17, 15) is 18.4 Å². The highest BCUT2D eigenvalue weighted by Crippen LogP contribution is 2.30. The molecule has 1 atom stereocenters. The molecular formula is C28H34ClF2N3O3. The second-order valence-corrected chi connectivity index (χ2v) is 10.2. The van der Waals surface area contributed by atoms with Gasteiger partial charge in [-0.25, -0.2) is 13.6 Å². The monoisotopic (exact) mass is 533 g/mol. The molecule has 3 amide bonds. The van der Waals surface area contributed by atoms with E-state index in [1.165, 1.54) is 24.3 Å². The van der Waals surface area contributed by atoms with Gasteiger partial charge in [0.25, 0.3) is 0 Å². The molecule has 2 aliphatic rings. The number of rotatable bonds is 9. The normalized spacial score (nSPS) is 16.4. The van der Waals surface area contributed by atoms with Crippen molar-refractivity contribution in [2.75, 3.05) is 36.5 Å². The number of fused-ring (bicyclic) bond motifs is 1. The molecule has 2 aromatic rings. The average Bonchev–Trinajstić information content (AvgIpc) is 3.31. The van der Waals surface area contributed by atoms with Crippen molar-refractivity contribution in [1.29, 1.82) is 0 Å². The number of amides is 3. The van der Waals surface area contributed by atoms with Crippen molar-refractivity contribution in [1.82, 2.24) is 4.90 Å². The van der Waals surface area contributed by atoms with Gasteiger partial charge in [-0.3, -0.25) is 9.69 Å². The topological polar surface area (TPSA) is 61.9 Å². The van der Waals surface area contributed by atoms with Crippen LogP contribution < -0.4 is 10.2 Å². The number of halogens is 3. The van der Waals surface area contributed by atoms with E-state index < -0.39 is 23.9 Å². The maximum Gasteiger partial charge on any atom is 0.326 e. The Balaban J connectivity index is 1.37. The Morgan fingerprint density at radius 3 is 2.73 bits per heavy atom. The molecule has 6 nitrogen and oxygen atoms in total. The molecule has 0 saturated heterocycles. The number of ether oxygens (including phenoxy) is 1. The minimum absolute atomic E-state index is 0.0872. The van der Waals surface area contributed by atoms with E-state index >= 15 is 0 Å². The van der Waals surface area contributed by atoms with Crippen LogP contribution in [0.2, 0.25) is 5.02 Å². The third kappa shape index (κ3) is 7.20. The highest BCUT2D eigenvalue weighted by Gasteiger charge is 2.26. The fraction of sp³-hybridized carbons (Fsp3) is 0.500. The number of para-hydroxylation sites is 1. The van der Waals surface area contributed by atoms with Gasteiger partial charge in [0, 0.05) is 18.8 Å². The van der Waals surface area contributed by atoms with Crippen LogP contribution in [-0.2, 0) is 22.4 Å². The van der Waals surface area contributed by atoms with Crippen molar-refractivity contribution in [2.24, 2.45) is 0 Å². The highest BCUT2D eigenvalue weighted by atomic mass is 35.5. The first-order valence-corrected chi connectivity index (χ1v) is 13.4. The standard InChI is InChI=1S/C28H34ClF2N3O3/c1-19(30)18-33(13-14-37-22-8-3-2-4-9-22)27(35)16-21-15-23(29)25(17-24(21)31)32-28(36)34-12-11-20-7-5-6-10-26(20)34/h5-7,10,15,17,19,22H,2-4,8-9,11-14,16,18H2,1H3,(H,32,36). The second-order valence-electron chi connectivity index (χ2n) is 9.81. The maximum absolute atomic E-state index is 15.0. The molecule has 0 spiro atoms. The van der Waals surface area contributed by atoms with Gasteiger partial charge in [-0.15, -0.1) is 0 Å². The molecule has 1 saturated carbocycles. The lowest BCUT2D eigenvalue weighted by atomic mass is 9.98. The first-order chi connectivity index (χ1) is 17.8. The zero-order chi connectivity index (χ0) is 26.4. The number of anilines is 2. The molecule has 2 aromatic carbocycles. The van der Waals surface area contributed by atoms with E-state index in [1.807, 2.05) is 24.3 Å². The highest BCUT2D eigenvalue weighted by molar-refractivity contribution is 6.34. The van der Waals surface area contributed by atoms with Gasteiger partial charge in [0.1, 0.15) is 12.0 Å². The first kappa shape index (κ1) is 27.3. The molecule has 0 radical (unpaired) electrons. The summed E-state index contributed by atoms with van der Waals surface area (Å²) in [6, 6.07) is 9.68. The molecule has 4 rings (SSSR count). The molecule has 0 bridgehead atoms. The van der Waals surface area contributed by atoms with E-state index in [4.69, 9.17) is 16.3 Å².